The van der Waals surface area contributed by atoms with Crippen molar-refractivity contribution in [3.05, 3.63) is 115 Å². The molecular formula is C41H41N7O7S2. The van der Waals surface area contributed by atoms with Crippen LogP contribution < -0.4 is 10.6 Å². The molecule has 0 saturated heterocycles. The average molecular weight is 808 g/mol. The Morgan fingerprint density at radius 2 is 1.12 bits per heavy atom. The number of aryl methyl sites for hydroxylation is 2. The minimum atomic E-state index is -0.557. The number of hydrogen-bond donors (Lipinski definition) is 2. The van der Waals surface area contributed by atoms with E-state index in [9.17, 15) is 19.2 Å². The fraction of sp³-hybridized carbons (Fsp3) is 0.293. The van der Waals surface area contributed by atoms with Crippen LogP contribution in [0.4, 0.5) is 0 Å². The van der Waals surface area contributed by atoms with Crippen LogP contribution in [0.15, 0.2) is 80.3 Å². The molecule has 0 unspecified atom stereocenters. The lowest BCUT2D eigenvalue weighted by atomic mass is 10.0. The molecule has 294 valence electrons. The van der Waals surface area contributed by atoms with Crippen LogP contribution in [0.25, 0.3) is 23.2 Å². The lowest BCUT2D eigenvalue weighted by molar-refractivity contribution is 0.0592. The monoisotopic (exact) mass is 807 g/mol. The van der Waals surface area contributed by atoms with Gasteiger partial charge in [-0.05, 0) is 49.9 Å². The number of nitriles is 1. The topological polar surface area (TPSA) is 203 Å². The van der Waals surface area contributed by atoms with E-state index in [1.807, 2.05) is 70.2 Å². The number of rotatable bonds is 13. The Morgan fingerprint density at radius 1 is 0.702 bits per heavy atom. The zero-order valence-electron chi connectivity index (χ0n) is 32.4. The maximum atomic E-state index is 12.6. The van der Waals surface area contributed by atoms with Crippen molar-refractivity contribution < 1.29 is 32.7 Å². The number of ether oxygens (including phenoxy) is 1. The highest BCUT2D eigenvalue weighted by atomic mass is 32.1. The second-order valence-corrected chi connectivity index (χ2v) is 15.1. The largest absolute Gasteiger partial charge is 0.464 e. The third-order valence-corrected chi connectivity index (χ3v) is 10.3. The maximum absolute atomic E-state index is 12.6. The molecule has 0 aliphatic heterocycles. The maximum Gasteiger partial charge on any atom is 0.360 e. The van der Waals surface area contributed by atoms with E-state index in [2.05, 4.69) is 30.6 Å². The molecule has 16 heteroatoms. The van der Waals surface area contributed by atoms with Gasteiger partial charge in [0.05, 0.1) is 25.3 Å². The van der Waals surface area contributed by atoms with Gasteiger partial charge in [-0.3, -0.25) is 14.4 Å². The number of aromatic nitrogens is 4. The lowest BCUT2D eigenvalue weighted by Gasteiger charge is -2.20. The first-order valence-electron chi connectivity index (χ1n) is 17.9. The number of carbonyl (C=O) groups excluding carboxylic acids is 4. The van der Waals surface area contributed by atoms with Crippen molar-refractivity contribution in [1.82, 2.24) is 30.6 Å². The van der Waals surface area contributed by atoms with Crippen molar-refractivity contribution in [1.29, 1.82) is 5.26 Å². The molecule has 4 heterocycles. The van der Waals surface area contributed by atoms with E-state index < -0.39 is 5.97 Å². The lowest BCUT2D eigenvalue weighted by Crippen LogP contribution is -2.31. The number of nitrogens with one attached hydrogen (secondary N) is 2. The number of ketones is 1. The molecule has 2 N–H and O–H groups in total. The Bertz CT molecular complexity index is 2370. The number of carbonyl (C=O) groups is 4. The van der Waals surface area contributed by atoms with Crippen molar-refractivity contribution in [2.24, 2.45) is 11.8 Å². The van der Waals surface area contributed by atoms with E-state index in [1.165, 1.54) is 29.8 Å². The molecule has 57 heavy (non-hydrogen) atoms. The molecule has 2 amide bonds. The normalized spacial score (nSPS) is 11.9. The molecule has 0 aliphatic carbocycles. The number of benzene rings is 2. The Balaban J connectivity index is 0.000000218. The van der Waals surface area contributed by atoms with Gasteiger partial charge in [-0.25, -0.2) is 24.7 Å². The molecule has 0 spiro atoms. The fourth-order valence-corrected chi connectivity index (χ4v) is 7.45. The summed E-state index contributed by atoms with van der Waals surface area (Å²) in [6.45, 7) is 11.3. The highest BCUT2D eigenvalue weighted by Gasteiger charge is 2.27. The fourth-order valence-electron chi connectivity index (χ4n) is 5.42. The molecule has 6 aromatic rings. The SMILES string of the molecule is COC(=O)c1nc(-c2csc([C@@H](NC(=O)c3ccccc3)C(C)C)n2)oc1C.Cc1oc(-c2csc([C@@H](NC(=O)c3ccccc3)C(C)C)n2)nc1C(=O)CC#N. The van der Waals surface area contributed by atoms with Crippen LogP contribution in [0.1, 0.15) is 109 Å². The van der Waals surface area contributed by atoms with Gasteiger partial charge >= 0.3 is 5.97 Å². The quantitative estimate of drug-likeness (QED) is 0.0835. The highest BCUT2D eigenvalue weighted by Crippen LogP contribution is 2.32. The molecule has 0 saturated carbocycles. The van der Waals surface area contributed by atoms with Crippen molar-refractivity contribution in [3.63, 3.8) is 0 Å². The average Bonchev–Trinajstić information content (AvgIpc) is 4.03. The number of hydrogen-bond acceptors (Lipinski definition) is 14. The summed E-state index contributed by atoms with van der Waals surface area (Å²) in [5.74, 6) is 0.170. The van der Waals surface area contributed by atoms with Gasteiger partial charge in [0.2, 0.25) is 11.8 Å². The minimum absolute atomic E-state index is 0.112. The summed E-state index contributed by atoms with van der Waals surface area (Å²) in [6.07, 6.45) is -0.254. The van der Waals surface area contributed by atoms with Gasteiger partial charge in [-0.1, -0.05) is 64.1 Å². The predicted molar refractivity (Wildman–Crippen MR) is 214 cm³/mol. The second kappa shape index (κ2) is 19.0. The summed E-state index contributed by atoms with van der Waals surface area (Å²) >= 11 is 2.79. The Kier molecular flexibility index (Phi) is 14.0. The number of nitrogens with zero attached hydrogens (tertiary/aromatic N) is 5. The van der Waals surface area contributed by atoms with E-state index in [-0.39, 0.29) is 71.1 Å². The van der Waals surface area contributed by atoms with E-state index >= 15 is 0 Å². The van der Waals surface area contributed by atoms with Gasteiger partial charge in [0, 0.05) is 21.9 Å². The smallest absolute Gasteiger partial charge is 0.360 e. The van der Waals surface area contributed by atoms with Crippen LogP contribution in [0.3, 0.4) is 0 Å². The summed E-state index contributed by atoms with van der Waals surface area (Å²) in [7, 11) is 1.29. The zero-order chi connectivity index (χ0) is 41.2. The number of esters is 1. The summed E-state index contributed by atoms with van der Waals surface area (Å²) in [5.41, 5.74) is 2.45. The summed E-state index contributed by atoms with van der Waals surface area (Å²) < 4.78 is 15.9. The third-order valence-electron chi connectivity index (χ3n) is 8.47. The molecular weight excluding hydrogens is 767 g/mol. The van der Waals surface area contributed by atoms with E-state index in [1.54, 1.807) is 48.9 Å². The number of methoxy groups -OCH3 is 1. The Labute approximate surface area is 337 Å². The number of amides is 2. The van der Waals surface area contributed by atoms with Crippen LogP contribution in [0.2, 0.25) is 0 Å². The number of thiazole rings is 2. The summed E-state index contributed by atoms with van der Waals surface area (Å²) in [6, 6.07) is 19.3. The standard InChI is InChI=1S/C21H20N4O3S.C20H21N3O4S/c1-12(2)17(24-19(27)14-7-5-4-6-8-14)21-23-15(11-29-21)20-25-18(13(3)28-20)16(26)9-10-22;1-11(2)15(22-17(24)13-8-6-5-7-9-13)19-21-14(10-28-19)18-23-16(12(3)27-18)20(25)26-4/h4-8,11-12,17H,9H2,1-3H3,(H,24,27);5-11,15H,1-4H3,(H,22,24)/t17-;15-/m00/s1. The zero-order valence-corrected chi connectivity index (χ0v) is 34.0. The van der Waals surface area contributed by atoms with Crippen molar-refractivity contribution >= 4 is 46.2 Å². The predicted octanol–water partition coefficient (Wildman–Crippen LogP) is 8.35. The van der Waals surface area contributed by atoms with Gasteiger partial charge < -0.3 is 24.2 Å². The molecule has 4 aromatic heterocycles. The third kappa shape index (κ3) is 10.3. The van der Waals surface area contributed by atoms with E-state index in [0.29, 0.717) is 34.0 Å². The minimum Gasteiger partial charge on any atom is -0.464 e. The van der Waals surface area contributed by atoms with Crippen molar-refractivity contribution in [2.75, 3.05) is 7.11 Å². The van der Waals surface area contributed by atoms with Crippen molar-refractivity contribution in [3.8, 4) is 29.2 Å². The molecule has 0 bridgehead atoms. The second-order valence-electron chi connectivity index (χ2n) is 13.4. The van der Waals surface area contributed by atoms with Crippen LogP contribution >= 0.6 is 22.7 Å². The van der Waals surface area contributed by atoms with Crippen LogP contribution in [-0.4, -0.2) is 50.6 Å². The van der Waals surface area contributed by atoms with Gasteiger partial charge in [0.25, 0.3) is 11.8 Å². The van der Waals surface area contributed by atoms with Gasteiger partial charge in [0.1, 0.15) is 45.0 Å². The van der Waals surface area contributed by atoms with E-state index in [0.717, 1.165) is 10.0 Å². The molecule has 14 nitrogen and oxygen atoms in total. The first kappa shape index (κ1) is 41.8. The Morgan fingerprint density at radius 3 is 1.53 bits per heavy atom. The van der Waals surface area contributed by atoms with Crippen LogP contribution in [0, 0.1) is 37.0 Å². The van der Waals surface area contributed by atoms with Gasteiger partial charge in [0.15, 0.2) is 11.5 Å². The van der Waals surface area contributed by atoms with Crippen LogP contribution in [0.5, 0.6) is 0 Å². The molecule has 2 aromatic carbocycles. The molecule has 2 atom stereocenters. The number of Topliss-reactive ketones (excluding diaryl/α,β-unsaturated/α-hetero) is 1. The molecule has 0 fully saturated rings. The first-order valence-corrected chi connectivity index (χ1v) is 19.6. The summed E-state index contributed by atoms with van der Waals surface area (Å²) in [4.78, 5) is 66.4. The highest BCUT2D eigenvalue weighted by molar-refractivity contribution is 7.10. The molecule has 0 radical (unpaired) electrons. The summed E-state index contributed by atoms with van der Waals surface area (Å²) in [5, 5.41) is 19.8. The van der Waals surface area contributed by atoms with Crippen molar-refractivity contribution in [2.45, 2.75) is 60.0 Å². The van der Waals surface area contributed by atoms with Gasteiger partial charge in [-0.2, -0.15) is 5.26 Å². The number of oxazole rings is 2. The molecule has 0 aliphatic rings. The first-order chi connectivity index (χ1) is 27.3. The van der Waals surface area contributed by atoms with E-state index in [4.69, 9.17) is 18.8 Å². The van der Waals surface area contributed by atoms with Crippen LogP contribution in [-0.2, 0) is 4.74 Å². The Hall–Kier alpha value is -6.31. The molecule has 6 rings (SSSR count). The van der Waals surface area contributed by atoms with Gasteiger partial charge in [-0.15, -0.1) is 22.7 Å².